The van der Waals surface area contributed by atoms with Gasteiger partial charge < -0.3 is 9.47 Å². The number of carbonyl (C=O) groups excluding carboxylic acids is 2. The Balaban J connectivity index is 0.000000183. The molecular formula is C38H57BrN2O4Si. The van der Waals surface area contributed by atoms with Crippen LogP contribution >= 0.6 is 15.9 Å². The van der Waals surface area contributed by atoms with Crippen molar-refractivity contribution in [1.29, 1.82) is 0 Å². The second kappa shape index (κ2) is 14.6. The maximum atomic E-state index is 12.3. The number of carbonyl (C=O) groups is 2. The Hall–Kier alpha value is -2.06. The minimum atomic E-state index is -0.611. The van der Waals surface area contributed by atoms with Crippen LogP contribution in [0, 0.1) is 0 Å². The summed E-state index contributed by atoms with van der Waals surface area (Å²) in [4.78, 5) is 33.6. The first-order valence-electron chi connectivity index (χ1n) is 17.4. The fourth-order valence-corrected chi connectivity index (χ4v) is 5.49. The van der Waals surface area contributed by atoms with Crippen LogP contribution < -0.4 is 0 Å². The predicted molar refractivity (Wildman–Crippen MR) is 193 cm³/mol. The summed E-state index contributed by atoms with van der Waals surface area (Å²) in [5.41, 5.74) is 5.83. The molecule has 4 aliphatic rings. The van der Waals surface area contributed by atoms with E-state index >= 15 is 0 Å². The molecule has 1 unspecified atom stereocenters. The number of aromatic nitrogens is 2. The third-order valence-electron chi connectivity index (χ3n) is 7.57. The van der Waals surface area contributed by atoms with Gasteiger partial charge in [-0.3, -0.25) is 19.6 Å². The van der Waals surface area contributed by atoms with Crippen molar-refractivity contribution >= 4 is 35.9 Å². The van der Waals surface area contributed by atoms with Gasteiger partial charge in [-0.2, -0.15) is 0 Å². The number of hydrogen-bond acceptors (Lipinski definition) is 6. The molecule has 4 aliphatic carbocycles. The SMILES string of the molecule is CC(C)(C)OC(=O)C(Br)c1ccc(C2CC2)nc1C1CC1.CC(C)(C)OC(=O)Cc1ccc(C2CC2)nc1C1CC1.C[Si](C)(C)C. The first-order chi connectivity index (χ1) is 21.3. The molecule has 254 valence electrons. The zero-order valence-electron chi connectivity index (χ0n) is 30.0. The van der Waals surface area contributed by atoms with Crippen LogP contribution in [0.1, 0.15) is 155 Å². The standard InChI is InChI=1S/C17H22BrNO2.C17H23NO2.C4H12Si/c1-17(2,3)21-16(20)14(18)12-8-9-13(10-4-5-10)19-15(12)11-6-7-11;1-17(2,3)20-15(19)10-13-8-9-14(11-4-5-11)18-16(13)12-6-7-12;1-5(2,3)4/h8-11,14H,4-7H2,1-3H3;8-9,11-12H,4-7,10H2,1-3H3;1-4H3. The van der Waals surface area contributed by atoms with E-state index in [-0.39, 0.29) is 11.9 Å². The van der Waals surface area contributed by atoms with Crippen LogP contribution in [0.3, 0.4) is 0 Å². The van der Waals surface area contributed by atoms with Gasteiger partial charge >= 0.3 is 11.9 Å². The Morgan fingerprint density at radius 3 is 1.57 bits per heavy atom. The summed E-state index contributed by atoms with van der Waals surface area (Å²) in [5.74, 6) is 2.04. The van der Waals surface area contributed by atoms with Gasteiger partial charge in [0, 0.05) is 54.5 Å². The van der Waals surface area contributed by atoms with Crippen molar-refractivity contribution in [2.75, 3.05) is 0 Å². The first kappa shape index (κ1) is 36.8. The smallest absolute Gasteiger partial charge is 0.324 e. The highest BCUT2D eigenvalue weighted by atomic mass is 79.9. The van der Waals surface area contributed by atoms with E-state index in [4.69, 9.17) is 19.4 Å². The molecule has 0 bridgehead atoms. The van der Waals surface area contributed by atoms with Gasteiger partial charge in [-0.15, -0.1) is 0 Å². The summed E-state index contributed by atoms with van der Waals surface area (Å²) < 4.78 is 10.9. The minimum absolute atomic E-state index is 0.152. The van der Waals surface area contributed by atoms with Gasteiger partial charge in [-0.05, 0) is 116 Å². The Labute approximate surface area is 287 Å². The van der Waals surface area contributed by atoms with Gasteiger partial charge in [0.25, 0.3) is 0 Å². The number of halogens is 1. The van der Waals surface area contributed by atoms with Crippen LogP contribution in [0.15, 0.2) is 24.3 Å². The molecule has 4 fully saturated rings. The summed E-state index contributed by atoms with van der Waals surface area (Å²) in [5, 5.41) is 0. The molecule has 6 rings (SSSR count). The lowest BCUT2D eigenvalue weighted by Gasteiger charge is -2.22. The molecule has 0 aromatic carbocycles. The van der Waals surface area contributed by atoms with E-state index in [2.05, 4.69) is 66.4 Å². The van der Waals surface area contributed by atoms with E-state index in [0.29, 0.717) is 30.1 Å². The highest BCUT2D eigenvalue weighted by Crippen LogP contribution is 2.47. The van der Waals surface area contributed by atoms with Crippen LogP contribution in [0.4, 0.5) is 0 Å². The van der Waals surface area contributed by atoms with E-state index in [1.54, 1.807) is 0 Å². The lowest BCUT2D eigenvalue weighted by atomic mass is 10.0. The van der Waals surface area contributed by atoms with Crippen LogP contribution in [-0.4, -0.2) is 41.2 Å². The maximum absolute atomic E-state index is 12.3. The van der Waals surface area contributed by atoms with E-state index in [1.165, 1.54) is 62.8 Å². The van der Waals surface area contributed by atoms with Crippen LogP contribution in [-0.2, 0) is 25.5 Å². The summed E-state index contributed by atoms with van der Waals surface area (Å²) in [7, 11) is -0.611. The van der Waals surface area contributed by atoms with Crippen molar-refractivity contribution in [3.05, 3.63) is 58.2 Å². The second-order valence-corrected chi connectivity index (χ2v) is 24.2. The quantitative estimate of drug-likeness (QED) is 0.154. The fourth-order valence-electron chi connectivity index (χ4n) is 5.01. The third-order valence-corrected chi connectivity index (χ3v) is 8.44. The molecule has 8 heteroatoms. The van der Waals surface area contributed by atoms with Gasteiger partial charge in [-0.25, -0.2) is 0 Å². The molecule has 2 aromatic heterocycles. The number of nitrogens with zero attached hydrogens (tertiary/aromatic N) is 2. The van der Waals surface area contributed by atoms with Crippen molar-refractivity contribution in [3.8, 4) is 0 Å². The average molecular weight is 714 g/mol. The molecule has 4 saturated carbocycles. The molecule has 0 spiro atoms. The van der Waals surface area contributed by atoms with Gasteiger partial charge in [-0.1, -0.05) is 54.3 Å². The Morgan fingerprint density at radius 1 is 0.717 bits per heavy atom. The van der Waals surface area contributed by atoms with Crippen molar-refractivity contribution in [3.63, 3.8) is 0 Å². The third kappa shape index (κ3) is 12.9. The molecule has 0 saturated heterocycles. The minimum Gasteiger partial charge on any atom is -0.460 e. The zero-order chi connectivity index (χ0) is 34.0. The van der Waals surface area contributed by atoms with E-state index in [0.717, 1.165) is 22.5 Å². The lowest BCUT2D eigenvalue weighted by molar-refractivity contribution is -0.155. The molecule has 1 atom stereocenters. The molecule has 0 N–H and O–H groups in total. The normalized spacial score (nSPS) is 18.8. The summed E-state index contributed by atoms with van der Waals surface area (Å²) >= 11 is 3.51. The number of alkyl halides is 1. The van der Waals surface area contributed by atoms with Gasteiger partial charge in [0.05, 0.1) is 6.42 Å². The largest absolute Gasteiger partial charge is 0.460 e. The van der Waals surface area contributed by atoms with Gasteiger partial charge in [0.1, 0.15) is 16.0 Å². The maximum Gasteiger partial charge on any atom is 0.324 e. The predicted octanol–water partition coefficient (Wildman–Crippen LogP) is 10.3. The van der Waals surface area contributed by atoms with E-state index in [9.17, 15) is 9.59 Å². The zero-order valence-corrected chi connectivity index (χ0v) is 32.6. The number of hydrogen-bond donors (Lipinski definition) is 0. The number of esters is 2. The number of rotatable bonds is 8. The Kier molecular flexibility index (Phi) is 11.7. The van der Waals surface area contributed by atoms with Gasteiger partial charge in [0.15, 0.2) is 0 Å². The van der Waals surface area contributed by atoms with E-state index < -0.39 is 24.1 Å². The Bertz CT molecular complexity index is 1370. The van der Waals surface area contributed by atoms with Gasteiger partial charge in [0.2, 0.25) is 0 Å². The summed E-state index contributed by atoms with van der Waals surface area (Å²) in [6.07, 6.45) is 10.2. The number of ether oxygens (including phenoxy) is 2. The molecule has 0 amide bonds. The Morgan fingerprint density at radius 2 is 1.13 bits per heavy atom. The van der Waals surface area contributed by atoms with Crippen LogP contribution in [0.2, 0.25) is 26.2 Å². The molecular weight excluding hydrogens is 656 g/mol. The summed E-state index contributed by atoms with van der Waals surface area (Å²) in [6.45, 7) is 20.7. The van der Waals surface area contributed by atoms with Crippen molar-refractivity contribution in [2.45, 2.75) is 165 Å². The molecule has 2 heterocycles. The van der Waals surface area contributed by atoms with Crippen molar-refractivity contribution < 1.29 is 19.1 Å². The topological polar surface area (TPSA) is 78.4 Å². The van der Waals surface area contributed by atoms with E-state index in [1.807, 2.05) is 41.5 Å². The average Bonchev–Trinajstić information content (AvgIpc) is 3.75. The lowest BCUT2D eigenvalue weighted by Crippen LogP contribution is -2.26. The first-order valence-corrected chi connectivity index (χ1v) is 22.3. The molecule has 0 radical (unpaired) electrons. The van der Waals surface area contributed by atoms with Crippen LogP contribution in [0.5, 0.6) is 0 Å². The summed E-state index contributed by atoms with van der Waals surface area (Å²) in [6, 6.07) is 8.34. The van der Waals surface area contributed by atoms with Crippen LogP contribution in [0.25, 0.3) is 0 Å². The molecule has 46 heavy (non-hydrogen) atoms. The fraction of sp³-hybridized carbons (Fsp3) is 0.684. The van der Waals surface area contributed by atoms with Crippen molar-refractivity contribution in [1.82, 2.24) is 9.97 Å². The second-order valence-electron chi connectivity index (χ2n) is 17.2. The molecule has 6 nitrogen and oxygen atoms in total. The number of pyridine rings is 2. The monoisotopic (exact) mass is 712 g/mol. The molecule has 0 aliphatic heterocycles. The molecule has 2 aromatic rings. The van der Waals surface area contributed by atoms with Crippen molar-refractivity contribution in [2.24, 2.45) is 0 Å². The highest BCUT2D eigenvalue weighted by Gasteiger charge is 2.35. The highest BCUT2D eigenvalue weighted by molar-refractivity contribution is 9.09.